The van der Waals surface area contributed by atoms with Crippen molar-refractivity contribution in [2.24, 2.45) is 0 Å². The number of fused-ring (bicyclic) bond motifs is 1. The molecule has 0 fully saturated rings. The summed E-state index contributed by atoms with van der Waals surface area (Å²) in [4.78, 5) is 13.2. The Bertz CT molecular complexity index is 1130. The molecule has 0 amide bonds. The highest BCUT2D eigenvalue weighted by atomic mass is 16.1. The lowest BCUT2D eigenvalue weighted by molar-refractivity contribution is 0.0964. The Kier molecular flexibility index (Phi) is 4.45. The third-order valence-corrected chi connectivity index (χ3v) is 5.44. The highest BCUT2D eigenvalue weighted by molar-refractivity contribution is 6.03. The van der Waals surface area contributed by atoms with Gasteiger partial charge in [-0.3, -0.25) is 4.79 Å². The first-order valence-electron chi connectivity index (χ1n) is 9.87. The topological polar surface area (TPSA) is 46.9 Å². The van der Waals surface area contributed by atoms with Gasteiger partial charge in [0.05, 0.1) is 16.9 Å². The zero-order chi connectivity index (χ0) is 19.6. The summed E-state index contributed by atoms with van der Waals surface area (Å²) in [6.45, 7) is 0. The molecule has 1 atom stereocenters. The van der Waals surface area contributed by atoms with Crippen molar-refractivity contribution < 1.29 is 4.79 Å². The van der Waals surface area contributed by atoms with Crippen molar-refractivity contribution in [1.82, 2.24) is 9.78 Å². The summed E-state index contributed by atoms with van der Waals surface area (Å²) in [5.74, 6) is 0.937. The summed E-state index contributed by atoms with van der Waals surface area (Å²) >= 11 is 0. The van der Waals surface area contributed by atoms with Gasteiger partial charge < -0.3 is 5.32 Å². The van der Waals surface area contributed by atoms with Gasteiger partial charge in [-0.2, -0.15) is 0 Å². The number of Topliss-reactive ketones (excluding diaryl/α,β-unsaturated/α-hetero) is 1. The van der Waals surface area contributed by atoms with Crippen LogP contribution in [0.3, 0.4) is 0 Å². The van der Waals surface area contributed by atoms with Crippen LogP contribution < -0.4 is 5.32 Å². The van der Waals surface area contributed by atoms with E-state index in [2.05, 4.69) is 17.4 Å². The van der Waals surface area contributed by atoms with Crippen molar-refractivity contribution in [1.29, 1.82) is 0 Å². The second-order valence-electron chi connectivity index (χ2n) is 7.35. The number of hydrogen-bond donors (Lipinski definition) is 1. The second-order valence-corrected chi connectivity index (χ2v) is 7.35. The van der Waals surface area contributed by atoms with Crippen LogP contribution in [0.1, 0.15) is 34.0 Å². The largest absolute Gasteiger partial charge is 0.338 e. The van der Waals surface area contributed by atoms with Crippen LogP contribution in [-0.4, -0.2) is 15.6 Å². The average Bonchev–Trinajstić information content (AvgIpc) is 3.14. The average molecular weight is 379 g/mol. The van der Waals surface area contributed by atoms with E-state index in [0.29, 0.717) is 17.8 Å². The van der Waals surface area contributed by atoms with Crippen LogP contribution in [0.5, 0.6) is 0 Å². The van der Waals surface area contributed by atoms with E-state index in [4.69, 9.17) is 5.10 Å². The van der Waals surface area contributed by atoms with Gasteiger partial charge in [-0.25, -0.2) is 4.68 Å². The SMILES string of the molecule is O=C1CC(c2ccccc2)Cc2c1c(Nc1ccccc1)nn2-c1ccccc1. The zero-order valence-corrected chi connectivity index (χ0v) is 16.0. The predicted octanol–water partition coefficient (Wildman–Crippen LogP) is 5.53. The maximum Gasteiger partial charge on any atom is 0.169 e. The minimum atomic E-state index is 0.140. The molecule has 0 aliphatic heterocycles. The molecule has 5 rings (SSSR count). The van der Waals surface area contributed by atoms with Gasteiger partial charge in [-0.15, -0.1) is 5.10 Å². The van der Waals surface area contributed by atoms with Gasteiger partial charge in [0, 0.05) is 12.1 Å². The molecule has 3 aromatic carbocycles. The molecule has 1 N–H and O–H groups in total. The van der Waals surface area contributed by atoms with Crippen molar-refractivity contribution in [2.75, 3.05) is 5.32 Å². The zero-order valence-electron chi connectivity index (χ0n) is 16.0. The van der Waals surface area contributed by atoms with E-state index in [1.807, 2.05) is 83.5 Å². The number of rotatable bonds is 4. The molecule has 4 nitrogen and oxygen atoms in total. The van der Waals surface area contributed by atoms with E-state index < -0.39 is 0 Å². The highest BCUT2D eigenvalue weighted by Crippen LogP contribution is 2.37. The van der Waals surface area contributed by atoms with Gasteiger partial charge >= 0.3 is 0 Å². The summed E-state index contributed by atoms with van der Waals surface area (Å²) in [6.07, 6.45) is 1.28. The fourth-order valence-corrected chi connectivity index (χ4v) is 4.06. The van der Waals surface area contributed by atoms with E-state index in [1.54, 1.807) is 0 Å². The summed E-state index contributed by atoms with van der Waals surface area (Å²) < 4.78 is 1.92. The number of anilines is 2. The van der Waals surface area contributed by atoms with Crippen molar-refractivity contribution in [3.05, 3.63) is 108 Å². The van der Waals surface area contributed by atoms with Crippen LogP contribution in [0.15, 0.2) is 91.0 Å². The molecule has 1 unspecified atom stereocenters. The number of carbonyl (C=O) groups is 1. The third-order valence-electron chi connectivity index (χ3n) is 5.44. The minimum absolute atomic E-state index is 0.140. The van der Waals surface area contributed by atoms with Crippen molar-refractivity contribution >= 4 is 17.3 Å². The molecule has 0 saturated carbocycles. The Labute approximate surface area is 169 Å². The number of para-hydroxylation sites is 2. The van der Waals surface area contributed by atoms with Crippen LogP contribution in [0, 0.1) is 0 Å². The standard InChI is InChI=1S/C25H21N3O/c29-23-17-19(18-10-4-1-5-11-18)16-22-24(23)25(26-20-12-6-2-7-13-20)27-28(22)21-14-8-3-9-15-21/h1-15,19H,16-17H2,(H,26,27). The molecule has 0 saturated heterocycles. The van der Waals surface area contributed by atoms with E-state index in [9.17, 15) is 4.79 Å². The lowest BCUT2D eigenvalue weighted by Crippen LogP contribution is -2.20. The molecular weight excluding hydrogens is 358 g/mol. The molecule has 1 aromatic heterocycles. The summed E-state index contributed by atoms with van der Waals surface area (Å²) in [7, 11) is 0. The summed E-state index contributed by atoms with van der Waals surface area (Å²) in [5.41, 5.74) is 4.77. The molecule has 1 aliphatic carbocycles. The smallest absolute Gasteiger partial charge is 0.169 e. The molecule has 29 heavy (non-hydrogen) atoms. The lowest BCUT2D eigenvalue weighted by atomic mass is 9.82. The first-order valence-corrected chi connectivity index (χ1v) is 9.87. The molecule has 4 aromatic rings. The van der Waals surface area contributed by atoms with E-state index in [0.717, 1.165) is 23.5 Å². The highest BCUT2D eigenvalue weighted by Gasteiger charge is 2.33. The number of carbonyl (C=O) groups excluding carboxylic acids is 1. The number of nitrogens with one attached hydrogen (secondary N) is 1. The fourth-order valence-electron chi connectivity index (χ4n) is 4.06. The molecular formula is C25H21N3O. The van der Waals surface area contributed by atoms with Crippen molar-refractivity contribution in [3.8, 4) is 5.69 Å². The third kappa shape index (κ3) is 3.34. The second kappa shape index (κ2) is 7.40. The molecule has 0 bridgehead atoms. The van der Waals surface area contributed by atoms with Gasteiger partial charge in [-0.1, -0.05) is 66.7 Å². The van der Waals surface area contributed by atoms with Crippen LogP contribution >= 0.6 is 0 Å². The monoisotopic (exact) mass is 379 g/mol. The normalized spacial score (nSPS) is 15.7. The molecule has 0 radical (unpaired) electrons. The Balaban J connectivity index is 1.61. The van der Waals surface area contributed by atoms with Crippen molar-refractivity contribution in [3.63, 3.8) is 0 Å². The van der Waals surface area contributed by atoms with Crippen LogP contribution in [-0.2, 0) is 6.42 Å². The molecule has 0 spiro atoms. The van der Waals surface area contributed by atoms with E-state index >= 15 is 0 Å². The van der Waals surface area contributed by atoms with Gasteiger partial charge in [-0.05, 0) is 42.2 Å². The predicted molar refractivity (Wildman–Crippen MR) is 115 cm³/mol. The number of aromatic nitrogens is 2. The van der Waals surface area contributed by atoms with E-state index in [1.165, 1.54) is 5.56 Å². The number of ketones is 1. The Hall–Kier alpha value is -3.66. The van der Waals surface area contributed by atoms with Crippen LogP contribution in [0.25, 0.3) is 5.69 Å². The van der Waals surface area contributed by atoms with Crippen molar-refractivity contribution in [2.45, 2.75) is 18.8 Å². The molecule has 142 valence electrons. The Morgan fingerprint density at radius 1 is 0.793 bits per heavy atom. The minimum Gasteiger partial charge on any atom is -0.338 e. The first-order chi connectivity index (χ1) is 14.3. The fraction of sp³-hybridized carbons (Fsp3) is 0.120. The summed E-state index contributed by atoms with van der Waals surface area (Å²) in [5, 5.41) is 8.18. The van der Waals surface area contributed by atoms with Gasteiger partial charge in [0.2, 0.25) is 0 Å². The number of hydrogen-bond acceptors (Lipinski definition) is 3. The van der Waals surface area contributed by atoms with Gasteiger partial charge in [0.15, 0.2) is 11.6 Å². The quantitative estimate of drug-likeness (QED) is 0.507. The Morgan fingerprint density at radius 2 is 1.41 bits per heavy atom. The van der Waals surface area contributed by atoms with Gasteiger partial charge in [0.25, 0.3) is 0 Å². The molecule has 1 aliphatic rings. The maximum absolute atomic E-state index is 13.2. The van der Waals surface area contributed by atoms with Crippen LogP contribution in [0.4, 0.5) is 11.5 Å². The Morgan fingerprint density at radius 3 is 2.10 bits per heavy atom. The first kappa shape index (κ1) is 17.4. The number of benzene rings is 3. The number of nitrogens with zero attached hydrogens (tertiary/aromatic N) is 2. The lowest BCUT2D eigenvalue weighted by Gasteiger charge is -2.23. The van der Waals surface area contributed by atoms with Crippen LogP contribution in [0.2, 0.25) is 0 Å². The summed E-state index contributed by atoms with van der Waals surface area (Å²) in [6, 6.07) is 30.2. The van der Waals surface area contributed by atoms with Gasteiger partial charge in [0.1, 0.15) is 0 Å². The molecule has 4 heteroatoms. The van der Waals surface area contributed by atoms with E-state index in [-0.39, 0.29) is 11.7 Å². The molecule has 1 heterocycles. The maximum atomic E-state index is 13.2.